The minimum atomic E-state index is -0.467. The summed E-state index contributed by atoms with van der Waals surface area (Å²) in [6.07, 6.45) is 9.66. The van der Waals surface area contributed by atoms with E-state index in [0.717, 1.165) is 36.5 Å². The number of hydrogen-bond donors (Lipinski definition) is 1. The highest BCUT2D eigenvalue weighted by Crippen LogP contribution is 2.56. The van der Waals surface area contributed by atoms with Gasteiger partial charge in [-0.15, -0.1) is 12.4 Å². The molecule has 6 atom stereocenters. The number of halogens is 1. The molecule has 1 aliphatic heterocycles. The lowest BCUT2D eigenvalue weighted by molar-refractivity contribution is -0.174. The van der Waals surface area contributed by atoms with Crippen molar-refractivity contribution in [3.8, 4) is 0 Å². The van der Waals surface area contributed by atoms with Crippen molar-refractivity contribution in [3.05, 3.63) is 29.6 Å². The molecule has 6 heteroatoms. The average molecular weight is 392 g/mol. The Morgan fingerprint density at radius 2 is 1.89 bits per heavy atom. The molecule has 0 unspecified atom stereocenters. The Labute approximate surface area is 167 Å². The molecule has 0 spiro atoms. The van der Waals surface area contributed by atoms with Gasteiger partial charge in [-0.1, -0.05) is 6.42 Å². The molecule has 0 radical (unpaired) electrons. The summed E-state index contributed by atoms with van der Waals surface area (Å²) in [4.78, 5) is 18.6. The number of likely N-dealkylation sites (tertiary alicyclic amines) is 1. The first-order chi connectivity index (χ1) is 12.6. The van der Waals surface area contributed by atoms with Gasteiger partial charge in [0.25, 0.3) is 5.91 Å². The highest BCUT2D eigenvalue weighted by Gasteiger charge is 2.56. The number of rotatable bonds is 4. The number of carbonyl (C=O) groups excluding carboxylic acids is 1. The van der Waals surface area contributed by atoms with E-state index in [1.54, 1.807) is 6.20 Å². The first kappa shape index (κ1) is 19.2. The Morgan fingerprint density at radius 1 is 1.22 bits per heavy atom. The van der Waals surface area contributed by atoms with Crippen molar-refractivity contribution in [2.24, 2.45) is 29.4 Å². The summed E-state index contributed by atoms with van der Waals surface area (Å²) in [6.45, 7) is 2.23. The molecule has 5 rings (SSSR count). The molecule has 2 N–H and O–H groups in total. The van der Waals surface area contributed by atoms with Crippen LogP contribution in [0.15, 0.2) is 18.3 Å². The molecule has 0 aromatic carbocycles. The van der Waals surface area contributed by atoms with Crippen LogP contribution < -0.4 is 5.73 Å². The van der Waals surface area contributed by atoms with Gasteiger partial charge in [0, 0.05) is 44.3 Å². The second kappa shape index (κ2) is 7.02. The van der Waals surface area contributed by atoms with Crippen molar-refractivity contribution in [2.75, 3.05) is 20.2 Å². The molecule has 1 aromatic rings. The van der Waals surface area contributed by atoms with Crippen LogP contribution >= 0.6 is 12.4 Å². The minimum absolute atomic E-state index is 0. The van der Waals surface area contributed by atoms with Gasteiger partial charge in [-0.25, -0.2) is 0 Å². The van der Waals surface area contributed by atoms with Crippen molar-refractivity contribution in [1.82, 2.24) is 9.88 Å². The molecule has 2 bridgehead atoms. The largest absolute Gasteiger partial charge is 0.373 e. The lowest BCUT2D eigenvalue weighted by atomic mass is 9.62. The van der Waals surface area contributed by atoms with E-state index in [9.17, 15) is 4.79 Å². The third-order valence-electron chi connectivity index (χ3n) is 7.76. The number of amides is 1. The number of nitrogens with two attached hydrogens (primary N) is 1. The number of nitrogens with zero attached hydrogens (tertiary/aromatic N) is 2. The van der Waals surface area contributed by atoms with E-state index in [0.29, 0.717) is 17.5 Å². The summed E-state index contributed by atoms with van der Waals surface area (Å²) in [7, 11) is 1.84. The maximum atomic E-state index is 11.6. The van der Waals surface area contributed by atoms with Crippen LogP contribution in [0, 0.1) is 23.7 Å². The fraction of sp³-hybridized carbons (Fsp3) is 0.714. The van der Waals surface area contributed by atoms with Gasteiger partial charge in [0.2, 0.25) is 0 Å². The monoisotopic (exact) mass is 391 g/mol. The molecule has 1 aromatic heterocycles. The first-order valence-electron chi connectivity index (χ1n) is 10.2. The van der Waals surface area contributed by atoms with E-state index < -0.39 is 5.91 Å². The van der Waals surface area contributed by atoms with Crippen LogP contribution in [0.4, 0.5) is 0 Å². The minimum Gasteiger partial charge on any atom is -0.373 e. The predicted octanol–water partition coefficient (Wildman–Crippen LogP) is 2.97. The Balaban J connectivity index is 0.00000180. The summed E-state index contributed by atoms with van der Waals surface area (Å²) in [5.74, 6) is 2.52. The van der Waals surface area contributed by atoms with Crippen molar-refractivity contribution >= 4 is 18.3 Å². The van der Waals surface area contributed by atoms with E-state index in [2.05, 4.69) is 9.88 Å². The quantitative estimate of drug-likeness (QED) is 0.856. The number of primary amides is 1. The number of hydrogen-bond acceptors (Lipinski definition) is 4. The van der Waals surface area contributed by atoms with Crippen LogP contribution in [0.1, 0.15) is 54.6 Å². The number of fused-ring (bicyclic) bond motifs is 3. The van der Waals surface area contributed by atoms with Crippen LogP contribution in [-0.2, 0) is 10.3 Å². The van der Waals surface area contributed by atoms with Crippen molar-refractivity contribution in [2.45, 2.75) is 50.2 Å². The predicted molar refractivity (Wildman–Crippen MR) is 106 cm³/mol. The molecule has 3 aliphatic carbocycles. The number of piperidine rings is 1. The lowest BCUT2D eigenvalue weighted by Gasteiger charge is -2.56. The van der Waals surface area contributed by atoms with Crippen LogP contribution in [0.25, 0.3) is 0 Å². The molecule has 3 saturated carbocycles. The van der Waals surface area contributed by atoms with E-state index in [-0.39, 0.29) is 18.0 Å². The summed E-state index contributed by atoms with van der Waals surface area (Å²) in [6, 6.07) is 4.69. The normalized spacial score (nSPS) is 40.1. The zero-order valence-electron chi connectivity index (χ0n) is 16.0. The van der Waals surface area contributed by atoms with Gasteiger partial charge in [0.15, 0.2) is 0 Å². The van der Waals surface area contributed by atoms with Crippen LogP contribution in [0.3, 0.4) is 0 Å². The van der Waals surface area contributed by atoms with Gasteiger partial charge < -0.3 is 10.5 Å². The smallest absolute Gasteiger partial charge is 0.267 e. The maximum Gasteiger partial charge on any atom is 0.267 e. The Kier molecular flexibility index (Phi) is 4.98. The molecule has 148 valence electrons. The van der Waals surface area contributed by atoms with Gasteiger partial charge >= 0.3 is 0 Å². The molecule has 4 fully saturated rings. The number of methoxy groups -OCH3 is 1. The maximum absolute atomic E-state index is 11.6. The fourth-order valence-electron chi connectivity index (χ4n) is 6.48. The first-order valence-corrected chi connectivity index (χ1v) is 10.2. The van der Waals surface area contributed by atoms with Crippen molar-refractivity contribution < 1.29 is 9.53 Å². The van der Waals surface area contributed by atoms with E-state index >= 15 is 0 Å². The fourth-order valence-corrected chi connectivity index (χ4v) is 6.48. The Hall–Kier alpha value is -1.17. The highest BCUT2D eigenvalue weighted by molar-refractivity contribution is 5.90. The number of carbonyl (C=O) groups is 1. The molecular formula is C21H30ClN3O2. The Bertz CT molecular complexity index is 703. The third kappa shape index (κ3) is 2.99. The van der Waals surface area contributed by atoms with Crippen LogP contribution in [0.5, 0.6) is 0 Å². The second-order valence-electron chi connectivity index (χ2n) is 8.95. The van der Waals surface area contributed by atoms with Crippen LogP contribution in [0.2, 0.25) is 0 Å². The SMILES string of the molecule is CO[C@]1(c2ccnc(C(N)=O)c2)[C@@H]2CCC[C@H]1CN([C@@H]1C[C@H]3C[C@H]3C1)C2.Cl. The van der Waals surface area contributed by atoms with Crippen LogP contribution in [-0.4, -0.2) is 42.0 Å². The van der Waals surface area contributed by atoms with Crippen molar-refractivity contribution in [1.29, 1.82) is 0 Å². The summed E-state index contributed by atoms with van der Waals surface area (Å²) < 4.78 is 6.30. The molecule has 1 saturated heterocycles. The van der Waals surface area contributed by atoms with Gasteiger partial charge in [-0.05, 0) is 61.6 Å². The Morgan fingerprint density at radius 3 is 2.48 bits per heavy atom. The highest BCUT2D eigenvalue weighted by atomic mass is 35.5. The lowest BCUT2D eigenvalue weighted by Crippen LogP contribution is -2.60. The summed E-state index contributed by atoms with van der Waals surface area (Å²) in [5, 5.41) is 0. The molecule has 2 heterocycles. The zero-order chi connectivity index (χ0) is 17.9. The summed E-state index contributed by atoms with van der Waals surface area (Å²) in [5.41, 5.74) is 6.61. The number of aromatic nitrogens is 1. The molecule has 4 aliphatic rings. The molecule has 5 nitrogen and oxygen atoms in total. The number of pyridine rings is 1. The van der Waals surface area contributed by atoms with Gasteiger partial charge in [0.05, 0.1) is 0 Å². The average Bonchev–Trinajstić information content (AvgIpc) is 3.25. The van der Waals surface area contributed by atoms with E-state index in [1.165, 1.54) is 38.5 Å². The second-order valence-corrected chi connectivity index (χ2v) is 8.95. The van der Waals surface area contributed by atoms with E-state index in [4.69, 9.17) is 10.5 Å². The topological polar surface area (TPSA) is 68.5 Å². The van der Waals surface area contributed by atoms with Crippen molar-refractivity contribution in [3.63, 3.8) is 0 Å². The molecule has 1 amide bonds. The van der Waals surface area contributed by atoms with Gasteiger partial charge in [0.1, 0.15) is 11.3 Å². The standard InChI is InChI=1S/C21H29N3O2.ClH/c1-26-21(15-5-6-23-19(10-15)20(22)25)16-3-2-4-17(21)12-24(11-16)18-8-13-7-14(13)9-18;/h5-6,10,13-14,16-18H,2-4,7-9,11-12H2,1H3,(H2,22,25);1H/t13-,14+,16-,17+,18-,21-;. The molecule has 27 heavy (non-hydrogen) atoms. The zero-order valence-corrected chi connectivity index (χ0v) is 16.8. The summed E-state index contributed by atoms with van der Waals surface area (Å²) >= 11 is 0. The third-order valence-corrected chi connectivity index (χ3v) is 7.76. The van der Waals surface area contributed by atoms with E-state index in [1.807, 2.05) is 19.2 Å². The van der Waals surface area contributed by atoms with Gasteiger partial charge in [-0.3, -0.25) is 14.7 Å². The number of ether oxygens (including phenoxy) is 1. The molecular weight excluding hydrogens is 362 g/mol. The van der Waals surface area contributed by atoms with Gasteiger partial charge in [-0.2, -0.15) is 0 Å².